The number of hydrogen-bond acceptors (Lipinski definition) is 8. The summed E-state index contributed by atoms with van der Waals surface area (Å²) in [6.07, 6.45) is 5.05. The van der Waals surface area contributed by atoms with Gasteiger partial charge < -0.3 is 20.5 Å². The molecule has 0 aromatic carbocycles. The molecular weight excluding hydrogens is 408 g/mol. The normalized spacial score (nSPS) is 18.8. The number of aryl methyl sites for hydroxylation is 1. The maximum atomic E-state index is 13.7. The first kappa shape index (κ1) is 22.2. The molecule has 0 aliphatic heterocycles. The van der Waals surface area contributed by atoms with Gasteiger partial charge in [-0.05, 0) is 50.8 Å². The first-order valence-electron chi connectivity index (χ1n) is 10.9. The van der Waals surface area contributed by atoms with Gasteiger partial charge in [0.15, 0.2) is 0 Å². The zero-order chi connectivity index (χ0) is 22.8. The number of ether oxygens (including phenoxy) is 1. The third-order valence-electron chi connectivity index (χ3n) is 6.07. The predicted octanol–water partition coefficient (Wildman–Crippen LogP) is 2.30. The second kappa shape index (κ2) is 9.22. The number of hydrogen-bond donors (Lipinski definition) is 2. The van der Waals surface area contributed by atoms with Crippen molar-refractivity contribution in [2.45, 2.75) is 44.8 Å². The largest absolute Gasteiger partial charge is 0.394 e. The van der Waals surface area contributed by atoms with Gasteiger partial charge in [0.2, 0.25) is 5.95 Å². The van der Waals surface area contributed by atoms with Gasteiger partial charge in [-0.1, -0.05) is 0 Å². The van der Waals surface area contributed by atoms with E-state index in [0.29, 0.717) is 17.8 Å². The summed E-state index contributed by atoms with van der Waals surface area (Å²) in [5.41, 5.74) is 8.48. The van der Waals surface area contributed by atoms with Crippen LogP contribution in [0.5, 0.6) is 0 Å². The average Bonchev–Trinajstić information content (AvgIpc) is 2.78. The second-order valence-corrected chi connectivity index (χ2v) is 8.46. The van der Waals surface area contributed by atoms with E-state index in [1.54, 1.807) is 10.8 Å². The van der Waals surface area contributed by atoms with E-state index in [0.717, 1.165) is 48.1 Å². The Bertz CT molecular complexity index is 1150. The summed E-state index contributed by atoms with van der Waals surface area (Å²) in [7, 11) is 3.85. The molecule has 170 valence electrons. The number of nitrogens with two attached hydrogens (primary N) is 1. The molecule has 0 spiro atoms. The average molecular weight is 439 g/mol. The minimum absolute atomic E-state index is 0.0124. The fourth-order valence-corrected chi connectivity index (χ4v) is 4.42. The number of nitrogens with zero attached hydrogens (tertiary/aromatic N) is 5. The van der Waals surface area contributed by atoms with Crippen LogP contribution in [-0.2, 0) is 4.74 Å². The van der Waals surface area contributed by atoms with E-state index in [4.69, 9.17) is 15.6 Å². The topological polar surface area (TPSA) is 119 Å². The molecule has 0 bridgehead atoms. The SMILES string of the molecule is Cc1nc(N)nc2c1cc(-c1ccc(N(C)C)nc1)c(=O)n2[C@H]1CC[C@H](OCCO)CC1. The smallest absolute Gasteiger partial charge is 0.260 e. The Morgan fingerprint density at radius 2 is 1.97 bits per heavy atom. The van der Waals surface area contributed by atoms with Crippen molar-refractivity contribution in [3.63, 3.8) is 0 Å². The second-order valence-electron chi connectivity index (χ2n) is 8.46. The van der Waals surface area contributed by atoms with E-state index >= 15 is 0 Å². The molecule has 0 saturated heterocycles. The van der Waals surface area contributed by atoms with Crippen LogP contribution in [0.3, 0.4) is 0 Å². The number of pyridine rings is 2. The molecule has 9 heteroatoms. The molecule has 1 saturated carbocycles. The molecule has 0 radical (unpaired) electrons. The Morgan fingerprint density at radius 1 is 1.22 bits per heavy atom. The van der Waals surface area contributed by atoms with Gasteiger partial charge in [-0.15, -0.1) is 0 Å². The van der Waals surface area contributed by atoms with E-state index in [1.165, 1.54) is 0 Å². The van der Waals surface area contributed by atoms with Crippen molar-refractivity contribution in [2.24, 2.45) is 0 Å². The molecular formula is C23H30N6O3. The van der Waals surface area contributed by atoms with E-state index in [2.05, 4.69) is 15.0 Å². The number of anilines is 2. The highest BCUT2D eigenvalue weighted by atomic mass is 16.5. The predicted molar refractivity (Wildman–Crippen MR) is 125 cm³/mol. The molecule has 3 aromatic heterocycles. The van der Waals surface area contributed by atoms with Gasteiger partial charge in [0.05, 0.1) is 25.0 Å². The van der Waals surface area contributed by atoms with Crippen LogP contribution in [0, 0.1) is 6.92 Å². The maximum absolute atomic E-state index is 13.7. The Morgan fingerprint density at radius 3 is 2.59 bits per heavy atom. The van der Waals surface area contributed by atoms with Crippen LogP contribution >= 0.6 is 0 Å². The van der Waals surface area contributed by atoms with Crippen molar-refractivity contribution >= 4 is 22.8 Å². The zero-order valence-electron chi connectivity index (χ0n) is 18.8. The van der Waals surface area contributed by atoms with Gasteiger partial charge in [-0.25, -0.2) is 9.97 Å². The minimum atomic E-state index is -0.103. The number of nitrogen functional groups attached to an aromatic ring is 1. The summed E-state index contributed by atoms with van der Waals surface area (Å²) in [5, 5.41) is 9.83. The van der Waals surface area contributed by atoms with Gasteiger partial charge in [-0.3, -0.25) is 9.36 Å². The van der Waals surface area contributed by atoms with Gasteiger partial charge >= 0.3 is 0 Å². The number of fused-ring (bicyclic) bond motifs is 1. The molecule has 3 heterocycles. The number of aliphatic hydroxyl groups excluding tert-OH is 1. The summed E-state index contributed by atoms with van der Waals surface area (Å²) in [6.45, 7) is 2.24. The number of aliphatic hydroxyl groups is 1. The number of aromatic nitrogens is 4. The molecule has 0 amide bonds. The Kier molecular flexibility index (Phi) is 6.38. The summed E-state index contributed by atoms with van der Waals surface area (Å²) >= 11 is 0. The van der Waals surface area contributed by atoms with Crippen molar-refractivity contribution in [1.29, 1.82) is 0 Å². The van der Waals surface area contributed by atoms with Crippen LogP contribution in [0.4, 0.5) is 11.8 Å². The molecule has 9 nitrogen and oxygen atoms in total. The Labute approximate surface area is 186 Å². The van der Waals surface area contributed by atoms with Crippen molar-refractivity contribution in [1.82, 2.24) is 19.5 Å². The van der Waals surface area contributed by atoms with E-state index < -0.39 is 0 Å². The summed E-state index contributed by atoms with van der Waals surface area (Å²) in [4.78, 5) is 28.9. The van der Waals surface area contributed by atoms with Gasteiger partial charge in [-0.2, -0.15) is 4.98 Å². The third kappa shape index (κ3) is 4.31. The standard InChI is InChI=1S/C23H30N6O3/c1-14-18-12-19(15-4-9-20(25-13-15)28(2)3)22(31)29(21(18)27-23(24)26-14)16-5-7-17(8-6-16)32-11-10-30/h4,9,12-13,16-17,30H,5-8,10-11H2,1-3H3,(H2,24,26,27)/t16-,17-. The van der Waals surface area contributed by atoms with Crippen molar-refractivity contribution < 1.29 is 9.84 Å². The fraction of sp³-hybridized carbons (Fsp3) is 0.478. The summed E-state index contributed by atoms with van der Waals surface area (Å²) < 4.78 is 7.49. The van der Waals surface area contributed by atoms with Gasteiger partial charge in [0, 0.05) is 42.8 Å². The van der Waals surface area contributed by atoms with Crippen LogP contribution in [0.25, 0.3) is 22.2 Å². The highest BCUT2D eigenvalue weighted by molar-refractivity contribution is 5.84. The Hall–Kier alpha value is -3.04. The van der Waals surface area contributed by atoms with Gasteiger partial charge in [0.25, 0.3) is 5.56 Å². The molecule has 3 aromatic rings. The fourth-order valence-electron chi connectivity index (χ4n) is 4.42. The highest BCUT2D eigenvalue weighted by Crippen LogP contribution is 2.33. The zero-order valence-corrected chi connectivity index (χ0v) is 18.8. The summed E-state index contributed by atoms with van der Waals surface area (Å²) in [6, 6.07) is 5.66. The molecule has 1 aliphatic rings. The van der Waals surface area contributed by atoms with Crippen LogP contribution in [0.1, 0.15) is 37.4 Å². The lowest BCUT2D eigenvalue weighted by Crippen LogP contribution is -2.32. The first-order valence-corrected chi connectivity index (χ1v) is 10.9. The molecule has 0 atom stereocenters. The molecule has 4 rings (SSSR count). The van der Waals surface area contributed by atoms with Crippen molar-refractivity contribution in [3.05, 3.63) is 40.4 Å². The maximum Gasteiger partial charge on any atom is 0.260 e. The van der Waals surface area contributed by atoms with Crippen molar-refractivity contribution in [3.8, 4) is 11.1 Å². The molecule has 1 fully saturated rings. The van der Waals surface area contributed by atoms with E-state index in [9.17, 15) is 4.79 Å². The van der Waals surface area contributed by atoms with Gasteiger partial charge in [0.1, 0.15) is 11.5 Å². The van der Waals surface area contributed by atoms with Crippen LogP contribution in [-0.4, -0.2) is 58.0 Å². The van der Waals surface area contributed by atoms with Crippen LogP contribution in [0.2, 0.25) is 0 Å². The van der Waals surface area contributed by atoms with Crippen LogP contribution in [0.15, 0.2) is 29.2 Å². The molecule has 0 unspecified atom stereocenters. The van der Waals surface area contributed by atoms with E-state index in [-0.39, 0.29) is 30.3 Å². The first-order chi connectivity index (χ1) is 15.4. The summed E-state index contributed by atoms with van der Waals surface area (Å²) in [5.74, 6) is 0.983. The lowest BCUT2D eigenvalue weighted by molar-refractivity contribution is 0.00169. The van der Waals surface area contributed by atoms with E-state index in [1.807, 2.05) is 44.1 Å². The molecule has 32 heavy (non-hydrogen) atoms. The highest BCUT2D eigenvalue weighted by Gasteiger charge is 2.27. The number of rotatable bonds is 6. The lowest BCUT2D eigenvalue weighted by atomic mass is 9.92. The molecule has 1 aliphatic carbocycles. The molecule has 3 N–H and O–H groups in total. The minimum Gasteiger partial charge on any atom is -0.394 e. The third-order valence-corrected chi connectivity index (χ3v) is 6.07. The van der Waals surface area contributed by atoms with Crippen LogP contribution < -0.4 is 16.2 Å². The Balaban J connectivity index is 1.80. The lowest BCUT2D eigenvalue weighted by Gasteiger charge is -2.30. The quantitative estimate of drug-likeness (QED) is 0.602. The van der Waals surface area contributed by atoms with Crippen molar-refractivity contribution in [2.75, 3.05) is 37.9 Å². The monoisotopic (exact) mass is 438 g/mol.